The highest BCUT2D eigenvalue weighted by molar-refractivity contribution is 5.13. The Hall–Kier alpha value is -0.520. The zero-order valence-electron chi connectivity index (χ0n) is 10.0. The standard InChI is InChI=1S/C12H22O2/c1-9(7-8-12(5,6)14)10(13)11(2,3)4/h9-10,13-14H,1-6H3/t9-,10-/m1/s1. The predicted molar refractivity (Wildman–Crippen MR) is 58.7 cm³/mol. The highest BCUT2D eigenvalue weighted by Crippen LogP contribution is 2.24. The van der Waals surface area contributed by atoms with Crippen molar-refractivity contribution in [1.29, 1.82) is 0 Å². The van der Waals surface area contributed by atoms with Gasteiger partial charge in [0.1, 0.15) is 5.60 Å². The molecule has 0 aromatic carbocycles. The Bertz CT molecular complexity index is 232. The zero-order valence-corrected chi connectivity index (χ0v) is 10.0. The minimum atomic E-state index is -0.980. The molecule has 0 radical (unpaired) electrons. The molecule has 0 aromatic rings. The Morgan fingerprint density at radius 3 is 1.79 bits per heavy atom. The Kier molecular flexibility index (Phi) is 4.17. The van der Waals surface area contributed by atoms with Gasteiger partial charge in [0, 0.05) is 5.92 Å². The molecule has 2 nitrogen and oxygen atoms in total. The lowest BCUT2D eigenvalue weighted by molar-refractivity contribution is 0.0364. The van der Waals surface area contributed by atoms with E-state index in [1.54, 1.807) is 13.8 Å². The maximum absolute atomic E-state index is 9.87. The third-order valence-electron chi connectivity index (χ3n) is 1.97. The van der Waals surface area contributed by atoms with E-state index >= 15 is 0 Å². The van der Waals surface area contributed by atoms with Crippen LogP contribution in [-0.4, -0.2) is 21.9 Å². The van der Waals surface area contributed by atoms with Crippen molar-refractivity contribution >= 4 is 0 Å². The van der Waals surface area contributed by atoms with Gasteiger partial charge in [-0.2, -0.15) is 0 Å². The van der Waals surface area contributed by atoms with Crippen molar-refractivity contribution in [2.75, 3.05) is 0 Å². The van der Waals surface area contributed by atoms with Gasteiger partial charge in [0.25, 0.3) is 0 Å². The fourth-order valence-corrected chi connectivity index (χ4v) is 1.12. The lowest BCUT2D eigenvalue weighted by Gasteiger charge is -2.28. The van der Waals surface area contributed by atoms with Crippen molar-refractivity contribution in [2.45, 2.75) is 53.2 Å². The molecule has 0 saturated carbocycles. The first-order valence-corrected chi connectivity index (χ1v) is 4.97. The monoisotopic (exact) mass is 198 g/mol. The fraction of sp³-hybridized carbons (Fsp3) is 0.833. The summed E-state index contributed by atoms with van der Waals surface area (Å²) in [7, 11) is 0. The molecule has 0 rings (SSSR count). The maximum atomic E-state index is 9.87. The summed E-state index contributed by atoms with van der Waals surface area (Å²) in [6.45, 7) is 11.1. The Morgan fingerprint density at radius 2 is 1.50 bits per heavy atom. The van der Waals surface area contributed by atoms with E-state index in [2.05, 4.69) is 11.8 Å². The van der Waals surface area contributed by atoms with Crippen molar-refractivity contribution < 1.29 is 10.2 Å². The maximum Gasteiger partial charge on any atom is 0.119 e. The van der Waals surface area contributed by atoms with Crippen LogP contribution in [0, 0.1) is 23.2 Å². The van der Waals surface area contributed by atoms with Crippen LogP contribution in [0.3, 0.4) is 0 Å². The summed E-state index contributed by atoms with van der Waals surface area (Å²) in [6, 6.07) is 0. The van der Waals surface area contributed by atoms with Crippen LogP contribution in [0.15, 0.2) is 0 Å². The van der Waals surface area contributed by atoms with E-state index in [9.17, 15) is 10.2 Å². The summed E-state index contributed by atoms with van der Waals surface area (Å²) in [6.07, 6.45) is -0.475. The molecular weight excluding hydrogens is 176 g/mol. The van der Waals surface area contributed by atoms with E-state index in [0.717, 1.165) is 0 Å². The molecule has 0 amide bonds. The molecule has 0 bridgehead atoms. The molecule has 2 N–H and O–H groups in total. The Labute approximate surface area is 87.3 Å². The Balaban J connectivity index is 4.48. The average Bonchev–Trinajstić information content (AvgIpc) is 1.95. The van der Waals surface area contributed by atoms with Crippen molar-refractivity contribution in [3.8, 4) is 11.8 Å². The molecule has 0 unspecified atom stereocenters. The van der Waals surface area contributed by atoms with Gasteiger partial charge in [-0.3, -0.25) is 0 Å². The van der Waals surface area contributed by atoms with Gasteiger partial charge in [-0.05, 0) is 26.2 Å². The molecule has 2 heteroatoms. The first kappa shape index (κ1) is 13.5. The largest absolute Gasteiger partial charge is 0.391 e. The molecule has 0 fully saturated rings. The van der Waals surface area contributed by atoms with Gasteiger partial charge < -0.3 is 10.2 Å². The molecule has 0 spiro atoms. The van der Waals surface area contributed by atoms with E-state index in [-0.39, 0.29) is 11.3 Å². The van der Waals surface area contributed by atoms with E-state index in [4.69, 9.17) is 0 Å². The summed E-state index contributed by atoms with van der Waals surface area (Å²) in [5.74, 6) is 5.48. The third-order valence-corrected chi connectivity index (χ3v) is 1.97. The van der Waals surface area contributed by atoms with Gasteiger partial charge in [-0.1, -0.05) is 32.6 Å². The number of hydrogen-bond donors (Lipinski definition) is 2. The van der Waals surface area contributed by atoms with Crippen molar-refractivity contribution in [1.82, 2.24) is 0 Å². The Morgan fingerprint density at radius 1 is 1.07 bits per heavy atom. The van der Waals surface area contributed by atoms with Gasteiger partial charge in [0.2, 0.25) is 0 Å². The van der Waals surface area contributed by atoms with E-state index < -0.39 is 11.7 Å². The summed E-state index contributed by atoms with van der Waals surface area (Å²) in [4.78, 5) is 0. The van der Waals surface area contributed by atoms with Crippen LogP contribution in [-0.2, 0) is 0 Å². The van der Waals surface area contributed by atoms with E-state index in [1.807, 2.05) is 27.7 Å². The molecule has 0 heterocycles. The highest BCUT2D eigenvalue weighted by atomic mass is 16.3. The second kappa shape index (κ2) is 4.33. The van der Waals surface area contributed by atoms with Crippen molar-refractivity contribution in [3.63, 3.8) is 0 Å². The average molecular weight is 198 g/mol. The second-order valence-electron chi connectivity index (χ2n) is 5.43. The first-order chi connectivity index (χ1) is 6.04. The lowest BCUT2D eigenvalue weighted by Crippen LogP contribution is -2.32. The fourth-order valence-electron chi connectivity index (χ4n) is 1.12. The second-order valence-corrected chi connectivity index (χ2v) is 5.43. The molecule has 0 aromatic heterocycles. The highest BCUT2D eigenvalue weighted by Gasteiger charge is 2.26. The molecular formula is C12H22O2. The quantitative estimate of drug-likeness (QED) is 0.631. The molecule has 0 aliphatic rings. The van der Waals surface area contributed by atoms with Crippen LogP contribution in [0.5, 0.6) is 0 Å². The smallest absolute Gasteiger partial charge is 0.119 e. The SMILES string of the molecule is C[C@H](C#CC(C)(C)O)[C@@H](O)C(C)(C)C. The summed E-state index contributed by atoms with van der Waals surface area (Å²) >= 11 is 0. The summed E-state index contributed by atoms with van der Waals surface area (Å²) in [5.41, 5.74) is -1.15. The van der Waals surface area contributed by atoms with Gasteiger partial charge >= 0.3 is 0 Å². The number of rotatable bonds is 1. The molecule has 82 valence electrons. The van der Waals surface area contributed by atoms with Crippen LogP contribution in [0.2, 0.25) is 0 Å². The number of aliphatic hydroxyl groups excluding tert-OH is 1. The van der Waals surface area contributed by atoms with Crippen LogP contribution < -0.4 is 0 Å². The van der Waals surface area contributed by atoms with Crippen molar-refractivity contribution in [3.05, 3.63) is 0 Å². The van der Waals surface area contributed by atoms with Crippen molar-refractivity contribution in [2.24, 2.45) is 11.3 Å². The molecule has 0 saturated heterocycles. The summed E-state index contributed by atoms with van der Waals surface area (Å²) < 4.78 is 0. The van der Waals surface area contributed by atoms with Crippen LogP contribution in [0.4, 0.5) is 0 Å². The molecule has 2 atom stereocenters. The predicted octanol–water partition coefficient (Wildman–Crippen LogP) is 1.80. The zero-order chi connectivity index (χ0) is 11.6. The van der Waals surface area contributed by atoms with Gasteiger partial charge in [-0.25, -0.2) is 0 Å². The van der Waals surface area contributed by atoms with Gasteiger partial charge in [-0.15, -0.1) is 0 Å². The number of hydrogen-bond acceptors (Lipinski definition) is 2. The molecule has 0 aliphatic heterocycles. The van der Waals surface area contributed by atoms with Crippen LogP contribution >= 0.6 is 0 Å². The molecule has 0 aliphatic carbocycles. The van der Waals surface area contributed by atoms with E-state index in [0.29, 0.717) is 0 Å². The lowest BCUT2D eigenvalue weighted by atomic mass is 9.82. The minimum Gasteiger partial charge on any atom is -0.391 e. The van der Waals surface area contributed by atoms with Crippen LogP contribution in [0.1, 0.15) is 41.5 Å². The van der Waals surface area contributed by atoms with Gasteiger partial charge in [0.15, 0.2) is 0 Å². The minimum absolute atomic E-state index is 0.124. The normalized spacial score (nSPS) is 16.9. The van der Waals surface area contributed by atoms with E-state index in [1.165, 1.54) is 0 Å². The third kappa shape index (κ3) is 5.26. The number of aliphatic hydroxyl groups is 2. The summed E-state index contributed by atoms with van der Waals surface area (Å²) in [5, 5.41) is 19.3. The topological polar surface area (TPSA) is 40.5 Å². The first-order valence-electron chi connectivity index (χ1n) is 4.97. The van der Waals surface area contributed by atoms with Crippen LogP contribution in [0.25, 0.3) is 0 Å². The molecule has 14 heavy (non-hydrogen) atoms. The van der Waals surface area contributed by atoms with Gasteiger partial charge in [0.05, 0.1) is 6.10 Å².